The standard InChI is InChI=1S/C29H25ClN2O3/c1-18-26(29(34)35-17-19-5-3-2-4-6-19)27(21-11-13-31-14-12-21)28-24(32-18)15-22(16-25(28)33)20-7-9-23(30)10-8-20/h2-14,22,27,32H,15-17H2,1H3/p+1. The first-order chi connectivity index (χ1) is 17.0. The van der Waals surface area contributed by atoms with Crippen molar-refractivity contribution in [2.45, 2.75) is 38.2 Å². The number of carbonyl (C=O) groups is 2. The molecular formula is C29H26ClN2O3+. The molecule has 0 saturated heterocycles. The molecule has 0 fully saturated rings. The molecule has 35 heavy (non-hydrogen) atoms. The van der Waals surface area contributed by atoms with E-state index >= 15 is 0 Å². The van der Waals surface area contributed by atoms with E-state index in [4.69, 9.17) is 16.3 Å². The van der Waals surface area contributed by atoms with Crippen LogP contribution in [0.1, 0.15) is 48.3 Å². The minimum atomic E-state index is -0.484. The zero-order valence-electron chi connectivity index (χ0n) is 19.4. The van der Waals surface area contributed by atoms with Crippen molar-refractivity contribution in [2.24, 2.45) is 0 Å². The molecule has 5 nitrogen and oxygen atoms in total. The van der Waals surface area contributed by atoms with E-state index in [1.54, 1.807) is 0 Å². The Labute approximate surface area is 209 Å². The summed E-state index contributed by atoms with van der Waals surface area (Å²) in [5.74, 6) is -0.814. The van der Waals surface area contributed by atoms with E-state index in [1.165, 1.54) is 0 Å². The van der Waals surface area contributed by atoms with Gasteiger partial charge in [-0.1, -0.05) is 54.1 Å². The highest BCUT2D eigenvalue weighted by Gasteiger charge is 2.41. The Kier molecular flexibility index (Phi) is 6.51. The molecule has 2 unspecified atom stereocenters. The minimum Gasteiger partial charge on any atom is -0.457 e. The normalized spacial score (nSPS) is 19.8. The van der Waals surface area contributed by atoms with E-state index in [1.807, 2.05) is 86.0 Å². The van der Waals surface area contributed by atoms with Crippen LogP contribution in [0.4, 0.5) is 0 Å². The molecule has 2 atom stereocenters. The van der Waals surface area contributed by atoms with Gasteiger partial charge >= 0.3 is 5.97 Å². The molecule has 0 amide bonds. The number of Topliss-reactive ketones (excluding diaryl/α,β-unsaturated/α-hetero) is 1. The zero-order chi connectivity index (χ0) is 24.4. The van der Waals surface area contributed by atoms with Crippen LogP contribution >= 0.6 is 11.6 Å². The van der Waals surface area contributed by atoms with Crippen LogP contribution in [-0.4, -0.2) is 11.8 Å². The number of H-pyrrole nitrogens is 1. The molecule has 2 aromatic carbocycles. The molecule has 176 valence electrons. The number of hydrogen-bond donors (Lipinski definition) is 1. The number of pyridine rings is 1. The second-order valence-electron chi connectivity index (χ2n) is 8.96. The summed E-state index contributed by atoms with van der Waals surface area (Å²) < 4.78 is 5.72. The smallest absolute Gasteiger partial charge is 0.337 e. The maximum Gasteiger partial charge on any atom is 0.337 e. The number of halogens is 1. The van der Waals surface area contributed by atoms with Gasteiger partial charge in [-0.05, 0) is 48.1 Å². The van der Waals surface area contributed by atoms with Crippen LogP contribution in [0.25, 0.3) is 0 Å². The third kappa shape index (κ3) is 4.77. The van der Waals surface area contributed by atoms with Crippen LogP contribution < -0.4 is 10.3 Å². The number of benzene rings is 2. The average Bonchev–Trinajstić information content (AvgIpc) is 2.88. The van der Waals surface area contributed by atoms with E-state index in [-0.39, 0.29) is 18.3 Å². The number of rotatable bonds is 5. The third-order valence-corrected chi connectivity index (χ3v) is 6.93. The topological polar surface area (TPSA) is 69.5 Å². The van der Waals surface area contributed by atoms with Gasteiger partial charge in [-0.15, -0.1) is 0 Å². The Hall–Kier alpha value is -3.70. The lowest BCUT2D eigenvalue weighted by atomic mass is 9.72. The van der Waals surface area contributed by atoms with E-state index in [9.17, 15) is 9.59 Å². The molecule has 6 heteroatoms. The number of dihydropyridines is 1. The second-order valence-corrected chi connectivity index (χ2v) is 9.40. The summed E-state index contributed by atoms with van der Waals surface area (Å²) in [6, 6.07) is 21.1. The Morgan fingerprint density at radius 3 is 2.43 bits per heavy atom. The molecule has 0 bridgehead atoms. The highest BCUT2D eigenvalue weighted by atomic mass is 35.5. The fourth-order valence-electron chi connectivity index (χ4n) is 5.01. The Morgan fingerprint density at radius 1 is 1.00 bits per heavy atom. The number of aromatic nitrogens is 1. The number of carbonyl (C=O) groups excluding carboxylic acids is 2. The number of ether oxygens (including phenoxy) is 1. The first-order valence-corrected chi connectivity index (χ1v) is 12.1. The Balaban J connectivity index is 1.49. The largest absolute Gasteiger partial charge is 0.457 e. The third-order valence-electron chi connectivity index (χ3n) is 6.68. The van der Waals surface area contributed by atoms with Crippen LogP contribution in [0.3, 0.4) is 0 Å². The fraction of sp³-hybridized carbons (Fsp3) is 0.207. The lowest BCUT2D eigenvalue weighted by Gasteiger charge is -2.36. The van der Waals surface area contributed by atoms with Crippen LogP contribution in [-0.2, 0) is 20.9 Å². The van der Waals surface area contributed by atoms with Gasteiger partial charge in [-0.3, -0.25) is 4.79 Å². The van der Waals surface area contributed by atoms with Crippen molar-refractivity contribution in [1.82, 2.24) is 5.32 Å². The van der Waals surface area contributed by atoms with Crippen molar-refractivity contribution in [3.63, 3.8) is 0 Å². The van der Waals surface area contributed by atoms with Crippen molar-refractivity contribution >= 4 is 23.4 Å². The summed E-state index contributed by atoms with van der Waals surface area (Å²) in [4.78, 5) is 30.0. The van der Waals surface area contributed by atoms with Crippen LogP contribution in [0.2, 0.25) is 5.02 Å². The zero-order valence-corrected chi connectivity index (χ0v) is 20.1. The lowest BCUT2D eigenvalue weighted by molar-refractivity contribution is -0.378. The molecule has 5 rings (SSSR count). The quantitative estimate of drug-likeness (QED) is 0.500. The van der Waals surface area contributed by atoms with Crippen LogP contribution in [0.5, 0.6) is 0 Å². The SMILES string of the molecule is CC1=C(C(=O)OCc2ccccc2)C(c2cc[nH+]cc2)C2=C(CC(c3ccc(Cl)cc3)CC2=O)N1. The monoisotopic (exact) mass is 485 g/mol. The highest BCUT2D eigenvalue weighted by Crippen LogP contribution is 2.45. The van der Waals surface area contributed by atoms with Crippen molar-refractivity contribution < 1.29 is 19.3 Å². The molecule has 1 aliphatic heterocycles. The van der Waals surface area contributed by atoms with Gasteiger partial charge in [0.05, 0.1) is 5.57 Å². The number of esters is 1. The fourth-order valence-corrected chi connectivity index (χ4v) is 5.13. The number of hydrogen-bond acceptors (Lipinski definition) is 4. The Bertz CT molecular complexity index is 1320. The Morgan fingerprint density at radius 2 is 1.71 bits per heavy atom. The molecule has 2 heterocycles. The minimum absolute atomic E-state index is 0.0393. The molecule has 2 N–H and O–H groups in total. The predicted molar refractivity (Wildman–Crippen MR) is 133 cm³/mol. The van der Waals surface area contributed by atoms with Crippen molar-refractivity contribution in [3.05, 3.63) is 123 Å². The summed E-state index contributed by atoms with van der Waals surface area (Å²) in [6.07, 6.45) is 4.68. The first-order valence-electron chi connectivity index (χ1n) is 11.7. The molecule has 3 aromatic rings. The second kappa shape index (κ2) is 9.88. The van der Waals surface area contributed by atoms with E-state index < -0.39 is 11.9 Å². The molecule has 1 aromatic heterocycles. The van der Waals surface area contributed by atoms with Crippen LogP contribution in [0.15, 0.2) is 102 Å². The molecular weight excluding hydrogens is 460 g/mol. The van der Waals surface area contributed by atoms with Crippen molar-refractivity contribution in [1.29, 1.82) is 0 Å². The van der Waals surface area contributed by atoms with Gasteiger partial charge in [0.2, 0.25) is 0 Å². The average molecular weight is 486 g/mol. The molecule has 0 spiro atoms. The van der Waals surface area contributed by atoms with Gasteiger partial charge in [0.15, 0.2) is 18.2 Å². The summed E-state index contributed by atoms with van der Waals surface area (Å²) >= 11 is 6.07. The van der Waals surface area contributed by atoms with Gasteiger partial charge < -0.3 is 10.1 Å². The van der Waals surface area contributed by atoms with Gasteiger partial charge in [-0.2, -0.15) is 0 Å². The van der Waals surface area contributed by atoms with Gasteiger partial charge in [0, 0.05) is 46.5 Å². The summed E-state index contributed by atoms with van der Waals surface area (Å²) in [5.41, 5.74) is 5.58. The predicted octanol–water partition coefficient (Wildman–Crippen LogP) is 5.26. The first kappa shape index (κ1) is 23.1. The number of aromatic amines is 1. The molecule has 0 saturated carbocycles. The maximum atomic E-state index is 13.6. The number of nitrogens with one attached hydrogen (secondary N) is 2. The molecule has 2 aliphatic rings. The van der Waals surface area contributed by atoms with Crippen LogP contribution in [0, 0.1) is 0 Å². The summed E-state index contributed by atoms with van der Waals surface area (Å²) in [6.45, 7) is 2.05. The summed E-state index contributed by atoms with van der Waals surface area (Å²) in [7, 11) is 0. The molecule has 0 radical (unpaired) electrons. The highest BCUT2D eigenvalue weighted by molar-refractivity contribution is 6.30. The van der Waals surface area contributed by atoms with E-state index in [0.29, 0.717) is 34.7 Å². The number of ketones is 1. The van der Waals surface area contributed by atoms with Crippen molar-refractivity contribution in [3.8, 4) is 0 Å². The maximum absolute atomic E-state index is 13.6. The van der Waals surface area contributed by atoms with Crippen molar-refractivity contribution in [2.75, 3.05) is 0 Å². The van der Waals surface area contributed by atoms with E-state index in [2.05, 4.69) is 10.3 Å². The van der Waals surface area contributed by atoms with E-state index in [0.717, 1.165) is 22.4 Å². The van der Waals surface area contributed by atoms with Gasteiger partial charge in [0.1, 0.15) is 6.61 Å². The number of allylic oxidation sites excluding steroid dienone is 3. The lowest BCUT2D eigenvalue weighted by Crippen LogP contribution is -2.36. The molecule has 1 aliphatic carbocycles. The van der Waals surface area contributed by atoms with Gasteiger partial charge in [-0.25, -0.2) is 9.78 Å². The van der Waals surface area contributed by atoms with Gasteiger partial charge in [0.25, 0.3) is 0 Å². The summed E-state index contributed by atoms with van der Waals surface area (Å²) in [5, 5.41) is 4.06.